The first-order valence-corrected chi connectivity index (χ1v) is 7.89. The first-order valence-electron chi connectivity index (χ1n) is 7.89. The van der Waals surface area contributed by atoms with Crippen molar-refractivity contribution < 1.29 is 0 Å². The summed E-state index contributed by atoms with van der Waals surface area (Å²) in [5.74, 6) is 0. The molecule has 0 unspecified atom stereocenters. The van der Waals surface area contributed by atoms with Crippen LogP contribution in [0.3, 0.4) is 0 Å². The van der Waals surface area contributed by atoms with Gasteiger partial charge in [-0.15, -0.1) is 0 Å². The third-order valence-corrected chi connectivity index (χ3v) is 4.33. The van der Waals surface area contributed by atoms with Gasteiger partial charge in [0.25, 0.3) is 0 Å². The average Bonchev–Trinajstić information content (AvgIpc) is 2.90. The molecular formula is C21H17N3. The van der Waals surface area contributed by atoms with E-state index in [1.54, 1.807) is 12.1 Å². The minimum atomic E-state index is 0.592. The van der Waals surface area contributed by atoms with Gasteiger partial charge in [0, 0.05) is 28.7 Å². The van der Waals surface area contributed by atoms with Gasteiger partial charge in [-0.1, -0.05) is 30.3 Å². The van der Waals surface area contributed by atoms with E-state index in [1.807, 2.05) is 30.3 Å². The molecule has 1 heterocycles. The van der Waals surface area contributed by atoms with E-state index in [1.165, 1.54) is 5.52 Å². The van der Waals surface area contributed by atoms with Gasteiger partial charge in [0.1, 0.15) is 0 Å². The van der Waals surface area contributed by atoms with Crippen LogP contribution in [0.1, 0.15) is 29.3 Å². The van der Waals surface area contributed by atoms with Crippen LogP contribution in [-0.4, -0.2) is 4.57 Å². The Morgan fingerprint density at radius 2 is 1.79 bits per heavy atom. The fraction of sp³-hybridized carbons (Fsp3) is 0.143. The van der Waals surface area contributed by atoms with Gasteiger partial charge in [0.15, 0.2) is 0 Å². The number of hydrogen-bond acceptors (Lipinski definition) is 2. The normalized spacial score (nSPS) is 11.2. The summed E-state index contributed by atoms with van der Waals surface area (Å²) in [7, 11) is 0. The molecule has 0 aliphatic heterocycles. The highest BCUT2D eigenvalue weighted by Crippen LogP contribution is 2.29. The van der Waals surface area contributed by atoms with Crippen LogP contribution in [0.25, 0.3) is 22.6 Å². The summed E-state index contributed by atoms with van der Waals surface area (Å²) in [6, 6.07) is 19.8. The van der Waals surface area contributed by atoms with E-state index >= 15 is 0 Å². The van der Waals surface area contributed by atoms with E-state index in [0.29, 0.717) is 11.1 Å². The van der Waals surface area contributed by atoms with Crippen LogP contribution in [0.2, 0.25) is 0 Å². The second-order valence-corrected chi connectivity index (χ2v) is 5.62. The van der Waals surface area contributed by atoms with Gasteiger partial charge < -0.3 is 4.57 Å². The zero-order valence-electron chi connectivity index (χ0n) is 13.7. The number of benzene rings is 2. The molecule has 24 heavy (non-hydrogen) atoms. The molecule has 3 rings (SSSR count). The molecule has 1 aromatic heterocycles. The molecular weight excluding hydrogens is 294 g/mol. The van der Waals surface area contributed by atoms with Crippen molar-refractivity contribution in [2.75, 3.05) is 0 Å². The Hall–Kier alpha value is -3.30. The lowest BCUT2D eigenvalue weighted by molar-refractivity contribution is 0.769. The van der Waals surface area contributed by atoms with Gasteiger partial charge >= 0.3 is 0 Å². The molecule has 0 aliphatic rings. The maximum absolute atomic E-state index is 9.60. The Morgan fingerprint density at radius 1 is 1.08 bits per heavy atom. The molecule has 0 N–H and O–H groups in total. The van der Waals surface area contributed by atoms with Crippen LogP contribution >= 0.6 is 0 Å². The molecule has 0 fully saturated rings. The number of para-hydroxylation sites is 1. The Morgan fingerprint density at radius 3 is 2.42 bits per heavy atom. The zero-order valence-corrected chi connectivity index (χ0v) is 13.7. The van der Waals surface area contributed by atoms with Crippen molar-refractivity contribution in [1.82, 2.24) is 4.57 Å². The third kappa shape index (κ3) is 2.57. The number of aryl methyl sites for hydroxylation is 1. The maximum atomic E-state index is 9.60. The van der Waals surface area contributed by atoms with Crippen LogP contribution < -0.4 is 0 Å². The lowest BCUT2D eigenvalue weighted by Gasteiger charge is -2.04. The van der Waals surface area contributed by atoms with Crippen LogP contribution in [0.4, 0.5) is 0 Å². The largest absolute Gasteiger partial charge is 0.345 e. The number of aromatic nitrogens is 1. The molecule has 0 amide bonds. The van der Waals surface area contributed by atoms with Crippen molar-refractivity contribution in [3.63, 3.8) is 0 Å². The van der Waals surface area contributed by atoms with Gasteiger partial charge in [-0.3, -0.25) is 0 Å². The number of nitrogens with zero attached hydrogens (tertiary/aromatic N) is 3. The van der Waals surface area contributed by atoms with E-state index in [0.717, 1.165) is 28.8 Å². The van der Waals surface area contributed by atoms with Crippen LogP contribution in [-0.2, 0) is 6.54 Å². The van der Waals surface area contributed by atoms with Gasteiger partial charge in [-0.2, -0.15) is 10.5 Å². The topological polar surface area (TPSA) is 52.5 Å². The fourth-order valence-electron chi connectivity index (χ4n) is 3.10. The Balaban J connectivity index is 2.19. The molecule has 0 atom stereocenters. The fourth-order valence-corrected chi connectivity index (χ4v) is 3.10. The number of fused-ring (bicyclic) bond motifs is 1. The smallest absolute Gasteiger partial charge is 0.0998 e. The van der Waals surface area contributed by atoms with Gasteiger partial charge in [-0.05, 0) is 43.7 Å². The second-order valence-electron chi connectivity index (χ2n) is 5.62. The molecule has 0 bridgehead atoms. The molecule has 0 saturated carbocycles. The molecule has 0 saturated heterocycles. The molecule has 0 radical (unpaired) electrons. The van der Waals surface area contributed by atoms with Crippen molar-refractivity contribution in [1.29, 1.82) is 10.5 Å². The highest BCUT2D eigenvalue weighted by molar-refractivity contribution is 5.99. The predicted octanol–water partition coefficient (Wildman–Crippen LogP) is 4.91. The summed E-state index contributed by atoms with van der Waals surface area (Å²) in [5, 5.41) is 19.7. The Kier molecular flexibility index (Phi) is 4.18. The number of rotatable bonds is 3. The van der Waals surface area contributed by atoms with E-state index in [4.69, 9.17) is 5.26 Å². The SMILES string of the molecule is CCn1c(C)c(/C=C(\C#N)c2ccc(C#N)cc2)c2ccccc21. The number of hydrogen-bond donors (Lipinski definition) is 0. The predicted molar refractivity (Wildman–Crippen MR) is 97.0 cm³/mol. The minimum absolute atomic E-state index is 0.592. The number of nitriles is 2. The number of allylic oxidation sites excluding steroid dienone is 1. The van der Waals surface area contributed by atoms with Gasteiger partial charge in [0.2, 0.25) is 0 Å². The first-order chi connectivity index (χ1) is 11.7. The van der Waals surface area contributed by atoms with Crippen LogP contribution in [0.15, 0.2) is 48.5 Å². The molecule has 2 aromatic carbocycles. The molecule has 3 nitrogen and oxygen atoms in total. The maximum Gasteiger partial charge on any atom is 0.0998 e. The monoisotopic (exact) mass is 311 g/mol. The Bertz CT molecular complexity index is 1010. The molecule has 116 valence electrons. The van der Waals surface area contributed by atoms with Crippen molar-refractivity contribution >= 4 is 22.6 Å². The lowest BCUT2D eigenvalue weighted by Crippen LogP contribution is -1.96. The summed E-state index contributed by atoms with van der Waals surface area (Å²) in [6.45, 7) is 5.10. The second kappa shape index (κ2) is 6.44. The van der Waals surface area contributed by atoms with Gasteiger partial charge in [0.05, 0.1) is 23.3 Å². The quantitative estimate of drug-likeness (QED) is 0.646. The zero-order chi connectivity index (χ0) is 17.1. The van der Waals surface area contributed by atoms with Crippen molar-refractivity contribution in [3.8, 4) is 12.1 Å². The van der Waals surface area contributed by atoms with Gasteiger partial charge in [-0.25, -0.2) is 0 Å². The lowest BCUT2D eigenvalue weighted by atomic mass is 10.0. The minimum Gasteiger partial charge on any atom is -0.345 e. The van der Waals surface area contributed by atoms with E-state index in [2.05, 4.69) is 42.7 Å². The summed E-state index contributed by atoms with van der Waals surface area (Å²) in [4.78, 5) is 0. The molecule has 0 aliphatic carbocycles. The Labute approximate surface area is 141 Å². The molecule has 0 spiro atoms. The van der Waals surface area contributed by atoms with Crippen molar-refractivity contribution in [2.24, 2.45) is 0 Å². The van der Waals surface area contributed by atoms with Crippen LogP contribution in [0.5, 0.6) is 0 Å². The summed E-state index contributed by atoms with van der Waals surface area (Å²) in [5.41, 5.74) is 5.43. The molecule has 3 heteroatoms. The van der Waals surface area contributed by atoms with E-state index in [9.17, 15) is 5.26 Å². The van der Waals surface area contributed by atoms with E-state index in [-0.39, 0.29) is 0 Å². The summed E-state index contributed by atoms with van der Waals surface area (Å²) >= 11 is 0. The standard InChI is InChI=1S/C21H17N3/c1-3-24-15(2)20(19-6-4-5-7-21(19)24)12-18(14-23)17-10-8-16(13-22)9-11-17/h4-12H,3H2,1-2H3/b18-12+. The van der Waals surface area contributed by atoms with Crippen LogP contribution in [0, 0.1) is 29.6 Å². The van der Waals surface area contributed by atoms with E-state index < -0.39 is 0 Å². The summed E-state index contributed by atoms with van der Waals surface area (Å²) in [6.07, 6.45) is 1.95. The molecule has 3 aromatic rings. The highest BCUT2D eigenvalue weighted by atomic mass is 15.0. The average molecular weight is 311 g/mol. The summed E-state index contributed by atoms with van der Waals surface area (Å²) < 4.78 is 2.26. The first kappa shape index (κ1) is 15.6. The van der Waals surface area contributed by atoms with Crippen molar-refractivity contribution in [2.45, 2.75) is 20.4 Å². The van der Waals surface area contributed by atoms with Crippen molar-refractivity contribution in [3.05, 3.63) is 70.9 Å². The third-order valence-electron chi connectivity index (χ3n) is 4.33. The highest BCUT2D eigenvalue weighted by Gasteiger charge is 2.12.